The van der Waals surface area contributed by atoms with E-state index in [9.17, 15) is 0 Å². The number of aromatic nitrogens is 2. The third-order valence-electron chi connectivity index (χ3n) is 16.7. The van der Waals surface area contributed by atoms with Gasteiger partial charge in [0.05, 0.1) is 10.9 Å². The molecule has 15 rings (SSSR count). The third-order valence-corrected chi connectivity index (χ3v) is 16.7. The van der Waals surface area contributed by atoms with E-state index in [0.717, 1.165) is 0 Å². The average Bonchev–Trinajstić information content (AvgIpc) is 3.92. The minimum atomic E-state index is -0.432. The molecular weight excluding hydrogens is 723 g/mol. The van der Waals surface area contributed by atoms with Gasteiger partial charge < -0.3 is 9.13 Å². The quantitative estimate of drug-likeness (QED) is 0.155. The molecule has 6 aliphatic rings. The summed E-state index contributed by atoms with van der Waals surface area (Å²) in [6.45, 7) is 4.80. The summed E-state index contributed by atoms with van der Waals surface area (Å²) < 4.78 is 5.72. The number of fused-ring (bicyclic) bond motifs is 13. The smallest absolute Gasteiger partial charge is 0.252 e. The molecule has 0 atom stereocenters. The second-order valence-electron chi connectivity index (χ2n) is 19.7. The van der Waals surface area contributed by atoms with E-state index in [4.69, 9.17) is 0 Å². The molecule has 0 radical (unpaired) electrons. The van der Waals surface area contributed by atoms with Crippen molar-refractivity contribution in [3.63, 3.8) is 0 Å². The molecule has 3 heteroatoms. The maximum Gasteiger partial charge on any atom is 0.252 e. The summed E-state index contributed by atoms with van der Waals surface area (Å²) in [5.74, 6) is 1.20. The van der Waals surface area contributed by atoms with Crippen molar-refractivity contribution >= 4 is 66.6 Å². The van der Waals surface area contributed by atoms with Crippen LogP contribution in [0.15, 0.2) is 115 Å². The molecule has 3 aliphatic carbocycles. The van der Waals surface area contributed by atoms with Crippen LogP contribution in [0.5, 0.6) is 0 Å². The first kappa shape index (κ1) is 33.0. The number of rotatable bonds is 2. The standard InChI is InChI=1S/C57H47BN2/c1-32-27-40-41-28-33(2)30-46-54(41)60-53(40)45(29-32)57(42-23-13-11-21-38(42)39-22-12-14-24-43(39)57)44-25-26-48-51(55(44)60)58(46)47-31-36-19-9-10-20-37(36)50-49(34-15-5-3-6-16-34)52(59(48)56(47)50)35-17-7-4-8-18-35/h9-14,19-31,34-35H,3-8,15-18H2,1-2H3. The van der Waals surface area contributed by atoms with Gasteiger partial charge in [-0.1, -0.05) is 147 Å². The number of aryl methyl sites for hydroxylation is 2. The second-order valence-corrected chi connectivity index (χ2v) is 19.7. The van der Waals surface area contributed by atoms with Crippen molar-refractivity contribution in [1.82, 2.24) is 9.13 Å². The van der Waals surface area contributed by atoms with Crippen LogP contribution in [0, 0.1) is 13.8 Å². The molecule has 5 heterocycles. The van der Waals surface area contributed by atoms with Crippen LogP contribution in [-0.2, 0) is 5.41 Å². The highest BCUT2D eigenvalue weighted by Crippen LogP contribution is 2.62. The molecule has 0 N–H and O–H groups in total. The number of nitrogens with zero attached hydrogens (tertiary/aromatic N) is 2. The summed E-state index contributed by atoms with van der Waals surface area (Å²) in [6.07, 6.45) is 13.4. The molecule has 0 saturated heterocycles. The molecule has 2 nitrogen and oxygen atoms in total. The first-order valence-corrected chi connectivity index (χ1v) is 23.2. The highest BCUT2D eigenvalue weighted by atomic mass is 15.1. The van der Waals surface area contributed by atoms with Gasteiger partial charge in [0.2, 0.25) is 0 Å². The summed E-state index contributed by atoms with van der Waals surface area (Å²) in [5.41, 5.74) is 26.0. The highest BCUT2D eigenvalue weighted by Gasteiger charge is 2.54. The van der Waals surface area contributed by atoms with Gasteiger partial charge in [0.1, 0.15) is 0 Å². The summed E-state index contributed by atoms with van der Waals surface area (Å²) >= 11 is 0. The Labute approximate surface area is 351 Å². The lowest BCUT2D eigenvalue weighted by Gasteiger charge is -2.44. The van der Waals surface area contributed by atoms with Gasteiger partial charge in [-0.3, -0.25) is 0 Å². The Morgan fingerprint density at radius 2 is 1.15 bits per heavy atom. The monoisotopic (exact) mass is 770 g/mol. The molecule has 1 spiro atoms. The fourth-order valence-electron chi connectivity index (χ4n) is 14.7. The zero-order chi connectivity index (χ0) is 39.2. The van der Waals surface area contributed by atoms with E-state index in [1.54, 1.807) is 16.6 Å². The lowest BCUT2D eigenvalue weighted by molar-refractivity contribution is 0.413. The minimum Gasteiger partial charge on any atom is -0.314 e. The van der Waals surface area contributed by atoms with Crippen molar-refractivity contribution in [3.8, 4) is 22.5 Å². The lowest BCUT2D eigenvalue weighted by atomic mass is 9.33. The summed E-state index contributed by atoms with van der Waals surface area (Å²) in [4.78, 5) is 0. The van der Waals surface area contributed by atoms with Gasteiger partial charge >= 0.3 is 0 Å². The number of hydrogen-bond acceptors (Lipinski definition) is 0. The number of benzene rings is 7. The van der Waals surface area contributed by atoms with Gasteiger partial charge in [-0.25, -0.2) is 0 Å². The van der Waals surface area contributed by atoms with E-state index in [-0.39, 0.29) is 6.71 Å². The molecule has 2 fully saturated rings. The SMILES string of the molecule is Cc1cc2c3c(c1)c1cc(C)cc4c1n3-c1c(ccc3c1B2c1cc2ccccc2c2c(C5CCCCC5)c(C5CCCCC5)n-3c12)C41c2ccccc2-c2ccccc21. The first-order valence-electron chi connectivity index (χ1n) is 23.2. The zero-order valence-corrected chi connectivity index (χ0v) is 34.7. The molecule has 0 amide bonds. The van der Waals surface area contributed by atoms with Crippen LogP contribution >= 0.6 is 0 Å². The maximum atomic E-state index is 2.93. The van der Waals surface area contributed by atoms with E-state index in [1.165, 1.54) is 175 Å². The van der Waals surface area contributed by atoms with E-state index in [2.05, 4.69) is 138 Å². The Kier molecular flexibility index (Phi) is 6.22. The van der Waals surface area contributed by atoms with Crippen LogP contribution in [0.3, 0.4) is 0 Å². The predicted octanol–water partition coefficient (Wildman–Crippen LogP) is 12.4. The molecule has 0 unspecified atom stereocenters. The van der Waals surface area contributed by atoms with Crippen LogP contribution in [0.1, 0.15) is 121 Å². The van der Waals surface area contributed by atoms with Crippen LogP contribution in [0.25, 0.3) is 66.0 Å². The largest absolute Gasteiger partial charge is 0.314 e. The van der Waals surface area contributed by atoms with E-state index in [1.807, 2.05) is 0 Å². The fraction of sp³-hybridized carbons (Fsp3) is 0.263. The summed E-state index contributed by atoms with van der Waals surface area (Å²) in [5, 5.41) is 7.26. The Morgan fingerprint density at radius 1 is 0.517 bits per heavy atom. The second kappa shape index (κ2) is 11.3. The molecular formula is C57H47BN2. The fourth-order valence-corrected chi connectivity index (χ4v) is 14.7. The molecule has 2 saturated carbocycles. The Morgan fingerprint density at radius 3 is 1.90 bits per heavy atom. The predicted molar refractivity (Wildman–Crippen MR) is 252 cm³/mol. The van der Waals surface area contributed by atoms with Crippen molar-refractivity contribution in [3.05, 3.63) is 160 Å². The van der Waals surface area contributed by atoms with Crippen molar-refractivity contribution in [2.75, 3.05) is 0 Å². The van der Waals surface area contributed by atoms with Crippen molar-refractivity contribution in [1.29, 1.82) is 0 Å². The van der Waals surface area contributed by atoms with Crippen LogP contribution in [-0.4, -0.2) is 15.8 Å². The molecule has 288 valence electrons. The summed E-state index contributed by atoms with van der Waals surface area (Å²) in [7, 11) is 0. The zero-order valence-electron chi connectivity index (χ0n) is 34.7. The molecule has 9 aromatic rings. The van der Waals surface area contributed by atoms with E-state index < -0.39 is 5.41 Å². The first-order chi connectivity index (χ1) is 29.6. The van der Waals surface area contributed by atoms with E-state index in [0.29, 0.717) is 11.8 Å². The molecule has 60 heavy (non-hydrogen) atoms. The van der Waals surface area contributed by atoms with Gasteiger partial charge in [0, 0.05) is 44.3 Å². The molecule has 7 aromatic carbocycles. The van der Waals surface area contributed by atoms with Gasteiger partial charge in [-0.15, -0.1) is 0 Å². The molecule has 0 bridgehead atoms. The van der Waals surface area contributed by atoms with Crippen LogP contribution in [0.2, 0.25) is 0 Å². The topological polar surface area (TPSA) is 9.86 Å². The Balaban J connectivity index is 1.19. The lowest BCUT2D eigenvalue weighted by Crippen LogP contribution is -2.60. The van der Waals surface area contributed by atoms with Gasteiger partial charge in [0.15, 0.2) is 0 Å². The molecule has 2 aromatic heterocycles. The van der Waals surface area contributed by atoms with Gasteiger partial charge in [-0.05, 0) is 136 Å². The molecule has 3 aliphatic heterocycles. The van der Waals surface area contributed by atoms with Gasteiger partial charge in [-0.2, -0.15) is 0 Å². The summed E-state index contributed by atoms with van der Waals surface area (Å²) in [6, 6.07) is 46.3. The number of hydrogen-bond donors (Lipinski definition) is 0. The average molecular weight is 771 g/mol. The van der Waals surface area contributed by atoms with Crippen molar-refractivity contribution in [2.24, 2.45) is 0 Å². The van der Waals surface area contributed by atoms with Crippen LogP contribution < -0.4 is 16.4 Å². The van der Waals surface area contributed by atoms with Gasteiger partial charge in [0.25, 0.3) is 6.71 Å². The van der Waals surface area contributed by atoms with E-state index >= 15 is 0 Å². The van der Waals surface area contributed by atoms with Crippen molar-refractivity contribution in [2.45, 2.75) is 95.3 Å². The third kappa shape index (κ3) is 3.71. The normalized spacial score (nSPS) is 18.1. The maximum absolute atomic E-state index is 2.93. The minimum absolute atomic E-state index is 0.133. The Bertz CT molecular complexity index is 3390. The Hall–Kier alpha value is -5.80. The van der Waals surface area contributed by atoms with Crippen LogP contribution in [0.4, 0.5) is 0 Å². The highest BCUT2D eigenvalue weighted by molar-refractivity contribution is 7.00. The van der Waals surface area contributed by atoms with Crippen molar-refractivity contribution < 1.29 is 0 Å².